The van der Waals surface area contributed by atoms with Crippen LogP contribution in [0.3, 0.4) is 0 Å². The van der Waals surface area contributed by atoms with Gasteiger partial charge in [0.1, 0.15) is 6.10 Å². The van der Waals surface area contributed by atoms with E-state index < -0.39 is 10.8 Å². The van der Waals surface area contributed by atoms with Crippen LogP contribution in [0.25, 0.3) is 0 Å². The van der Waals surface area contributed by atoms with Crippen molar-refractivity contribution in [3.63, 3.8) is 0 Å². The van der Waals surface area contributed by atoms with Gasteiger partial charge >= 0.3 is 5.97 Å². The molecule has 3 nitrogen and oxygen atoms in total. The first-order valence-electron chi connectivity index (χ1n) is 6.85. The molecule has 2 aliphatic carbocycles. The Labute approximate surface area is 118 Å². The van der Waals surface area contributed by atoms with Gasteiger partial charge < -0.3 is 9.84 Å². The van der Waals surface area contributed by atoms with Crippen LogP contribution >= 0.6 is 11.6 Å². The summed E-state index contributed by atoms with van der Waals surface area (Å²) in [4.78, 5) is 10.7. The van der Waals surface area contributed by atoms with Gasteiger partial charge in [0.2, 0.25) is 0 Å². The van der Waals surface area contributed by atoms with Gasteiger partial charge in [-0.05, 0) is 31.6 Å². The number of allylic oxidation sites excluding steroid dienone is 1. The summed E-state index contributed by atoms with van der Waals surface area (Å²) in [5, 5.41) is 9.52. The smallest absolute Gasteiger partial charge is 0.330 e. The first-order valence-corrected chi connectivity index (χ1v) is 7.23. The zero-order valence-electron chi connectivity index (χ0n) is 10.9. The molecule has 0 aromatic heterocycles. The monoisotopic (exact) mass is 282 g/mol. The van der Waals surface area contributed by atoms with E-state index in [2.05, 4.69) is 13.2 Å². The van der Waals surface area contributed by atoms with Gasteiger partial charge in [-0.2, -0.15) is 0 Å². The van der Waals surface area contributed by atoms with Gasteiger partial charge in [0.25, 0.3) is 0 Å². The molecule has 0 aromatic rings. The second-order valence-electron chi connectivity index (χ2n) is 6.02. The summed E-state index contributed by atoms with van der Waals surface area (Å²) >= 11 is 6.35. The van der Waals surface area contributed by atoms with Crippen molar-refractivity contribution in [3.05, 3.63) is 24.3 Å². The van der Waals surface area contributed by atoms with Gasteiger partial charge in [0.15, 0.2) is 4.87 Å². The molecule has 1 heterocycles. The fourth-order valence-electron chi connectivity index (χ4n) is 4.03. The van der Waals surface area contributed by atoms with Crippen LogP contribution in [0.2, 0.25) is 0 Å². The van der Waals surface area contributed by atoms with Crippen LogP contribution in [0.5, 0.6) is 0 Å². The SMILES string of the molecule is C=C1CC[C@H]2C(=C)CC[C@@H]3[C@H](OC(=O)[C@@]3(Cl)CO)[C@@H]12. The number of hydrogen-bond acceptors (Lipinski definition) is 3. The van der Waals surface area contributed by atoms with Gasteiger partial charge in [0.05, 0.1) is 6.61 Å². The average Bonchev–Trinajstić information content (AvgIpc) is 2.83. The number of esters is 1. The Hall–Kier alpha value is -0.800. The number of carbonyl (C=O) groups is 1. The predicted octanol–water partition coefficient (Wildman–Crippen LogP) is 2.43. The van der Waals surface area contributed by atoms with E-state index in [0.29, 0.717) is 5.92 Å². The molecular weight excluding hydrogens is 264 g/mol. The Balaban J connectivity index is 2.01. The van der Waals surface area contributed by atoms with Crippen LogP contribution in [0, 0.1) is 17.8 Å². The summed E-state index contributed by atoms with van der Waals surface area (Å²) in [5.74, 6) is -0.130. The van der Waals surface area contributed by atoms with Crippen LogP contribution in [-0.2, 0) is 9.53 Å². The highest BCUT2D eigenvalue weighted by molar-refractivity contribution is 6.35. The highest BCUT2D eigenvalue weighted by Crippen LogP contribution is 2.54. The van der Waals surface area contributed by atoms with E-state index in [1.165, 1.54) is 5.57 Å². The molecular formula is C15H19ClO3. The van der Waals surface area contributed by atoms with E-state index in [-0.39, 0.29) is 24.5 Å². The normalized spacial score (nSPS) is 45.7. The minimum atomic E-state index is -1.28. The maximum absolute atomic E-state index is 12.0. The number of alkyl halides is 1. The highest BCUT2D eigenvalue weighted by Gasteiger charge is 2.60. The van der Waals surface area contributed by atoms with Gasteiger partial charge in [0, 0.05) is 11.8 Å². The van der Waals surface area contributed by atoms with Crippen LogP contribution in [-0.4, -0.2) is 28.7 Å². The topological polar surface area (TPSA) is 46.5 Å². The zero-order valence-corrected chi connectivity index (χ0v) is 11.7. The molecule has 0 amide bonds. The lowest BCUT2D eigenvalue weighted by Gasteiger charge is -2.28. The minimum absolute atomic E-state index is 0.135. The third kappa shape index (κ3) is 1.71. The second-order valence-corrected chi connectivity index (χ2v) is 6.70. The molecule has 1 aliphatic heterocycles. The average molecular weight is 283 g/mol. The van der Waals surface area contributed by atoms with Crippen molar-refractivity contribution >= 4 is 17.6 Å². The highest BCUT2D eigenvalue weighted by atomic mass is 35.5. The number of aliphatic hydroxyl groups is 1. The van der Waals surface area contributed by atoms with Crippen molar-refractivity contribution in [1.29, 1.82) is 0 Å². The molecule has 1 N–H and O–H groups in total. The molecule has 2 saturated carbocycles. The summed E-state index contributed by atoms with van der Waals surface area (Å²) in [5.41, 5.74) is 2.35. The molecule has 3 fully saturated rings. The standard InChI is InChI=1S/C15H19ClO3/c1-8-4-6-11-13(12-9(2)3-5-10(8)12)19-14(18)15(11,16)7-17/h10-13,17H,1-7H2/t10-,11+,12-,13-,15+/m0/s1. The van der Waals surface area contributed by atoms with E-state index in [1.54, 1.807) is 0 Å². The third-order valence-electron chi connectivity index (χ3n) is 5.13. The quantitative estimate of drug-likeness (QED) is 0.456. The van der Waals surface area contributed by atoms with Gasteiger partial charge in [-0.25, -0.2) is 0 Å². The second kappa shape index (κ2) is 4.35. The van der Waals surface area contributed by atoms with E-state index in [4.69, 9.17) is 16.3 Å². The van der Waals surface area contributed by atoms with E-state index in [1.807, 2.05) is 0 Å². The van der Waals surface area contributed by atoms with Crippen LogP contribution in [0.1, 0.15) is 25.7 Å². The van der Waals surface area contributed by atoms with Crippen molar-refractivity contribution in [2.75, 3.05) is 6.61 Å². The first kappa shape index (κ1) is 13.2. The maximum atomic E-state index is 12.0. The van der Waals surface area contributed by atoms with Crippen molar-refractivity contribution in [2.24, 2.45) is 17.8 Å². The maximum Gasteiger partial charge on any atom is 0.330 e. The zero-order chi connectivity index (χ0) is 13.8. The first-order chi connectivity index (χ1) is 8.99. The summed E-state index contributed by atoms with van der Waals surface area (Å²) in [6.07, 6.45) is 3.36. The number of aliphatic hydroxyl groups excluding tert-OH is 1. The number of fused-ring (bicyclic) bond motifs is 3. The molecule has 3 rings (SSSR count). The molecule has 19 heavy (non-hydrogen) atoms. The molecule has 0 aromatic carbocycles. The van der Waals surface area contributed by atoms with Crippen LogP contribution in [0.4, 0.5) is 0 Å². The van der Waals surface area contributed by atoms with Crippen molar-refractivity contribution in [2.45, 2.75) is 36.7 Å². The summed E-state index contributed by atoms with van der Waals surface area (Å²) in [7, 11) is 0. The third-order valence-corrected chi connectivity index (χ3v) is 5.69. The Morgan fingerprint density at radius 1 is 1.32 bits per heavy atom. The van der Waals surface area contributed by atoms with Crippen molar-refractivity contribution in [1.82, 2.24) is 0 Å². The molecule has 104 valence electrons. The van der Waals surface area contributed by atoms with Gasteiger partial charge in [-0.15, -0.1) is 11.6 Å². The number of hydrogen-bond donors (Lipinski definition) is 1. The fraction of sp³-hybridized carbons (Fsp3) is 0.667. The molecule has 0 unspecified atom stereocenters. The van der Waals surface area contributed by atoms with E-state index in [9.17, 15) is 9.90 Å². The van der Waals surface area contributed by atoms with Crippen LogP contribution < -0.4 is 0 Å². The number of carbonyl (C=O) groups excluding carboxylic acids is 1. The Kier molecular flexibility index (Phi) is 3.02. The Morgan fingerprint density at radius 3 is 2.68 bits per heavy atom. The van der Waals surface area contributed by atoms with Gasteiger partial charge in [-0.1, -0.05) is 24.3 Å². The largest absolute Gasteiger partial charge is 0.460 e. The summed E-state index contributed by atoms with van der Waals surface area (Å²) in [6.45, 7) is 7.95. The number of rotatable bonds is 1. The van der Waals surface area contributed by atoms with Gasteiger partial charge in [-0.3, -0.25) is 4.79 Å². The Morgan fingerprint density at radius 2 is 2.00 bits per heavy atom. The molecule has 0 spiro atoms. The van der Waals surface area contributed by atoms with Crippen LogP contribution in [0.15, 0.2) is 24.3 Å². The lowest BCUT2D eigenvalue weighted by molar-refractivity contribution is -0.145. The van der Waals surface area contributed by atoms with E-state index >= 15 is 0 Å². The molecule has 0 radical (unpaired) electrons. The lowest BCUT2D eigenvalue weighted by Crippen LogP contribution is -2.41. The molecule has 0 bridgehead atoms. The molecule has 1 saturated heterocycles. The van der Waals surface area contributed by atoms with E-state index in [0.717, 1.165) is 31.3 Å². The van der Waals surface area contributed by atoms with Crippen molar-refractivity contribution < 1.29 is 14.6 Å². The molecule has 3 aliphatic rings. The number of halogens is 1. The number of ether oxygens (including phenoxy) is 1. The Bertz CT molecular complexity index is 458. The summed E-state index contributed by atoms with van der Waals surface area (Å²) < 4.78 is 5.55. The molecule has 5 atom stereocenters. The minimum Gasteiger partial charge on any atom is -0.460 e. The summed E-state index contributed by atoms with van der Waals surface area (Å²) in [6, 6.07) is 0. The predicted molar refractivity (Wildman–Crippen MR) is 72.8 cm³/mol. The van der Waals surface area contributed by atoms with Crippen molar-refractivity contribution in [3.8, 4) is 0 Å². The lowest BCUT2D eigenvalue weighted by atomic mass is 9.79. The fourth-order valence-corrected chi connectivity index (χ4v) is 4.31. The molecule has 4 heteroatoms.